The number of carboxylic acid groups (broad SMARTS) is 1. The normalized spacial score (nSPS) is 15.4. The molecule has 1 atom stereocenters. The van der Waals surface area contributed by atoms with Crippen molar-refractivity contribution in [1.29, 1.82) is 0 Å². The van der Waals surface area contributed by atoms with Gasteiger partial charge in [0.25, 0.3) is 5.91 Å². The highest BCUT2D eigenvalue weighted by molar-refractivity contribution is 5.99. The lowest BCUT2D eigenvalue weighted by Gasteiger charge is -2.15. The van der Waals surface area contributed by atoms with E-state index < -0.39 is 17.9 Å². The zero-order valence-electron chi connectivity index (χ0n) is 11.1. The fraction of sp³-hybridized carbons (Fsp3) is 0.429. The van der Waals surface area contributed by atoms with E-state index in [0.717, 1.165) is 12.8 Å². The zero-order chi connectivity index (χ0) is 14.7. The molecule has 0 bridgehead atoms. The molecule has 2 rings (SSSR count). The van der Waals surface area contributed by atoms with Gasteiger partial charge in [-0.3, -0.25) is 4.79 Å². The summed E-state index contributed by atoms with van der Waals surface area (Å²) in [6, 6.07) is 3.30. The van der Waals surface area contributed by atoms with Crippen molar-refractivity contribution in [2.75, 3.05) is 7.11 Å². The van der Waals surface area contributed by atoms with Crippen LogP contribution in [0.1, 0.15) is 29.6 Å². The summed E-state index contributed by atoms with van der Waals surface area (Å²) >= 11 is 0. The van der Waals surface area contributed by atoms with Gasteiger partial charge in [0.05, 0.1) is 12.7 Å². The molecule has 0 heterocycles. The second-order valence-electron chi connectivity index (χ2n) is 4.93. The average molecular weight is 279 g/mol. The number of carbonyl (C=O) groups is 2. The average Bonchev–Trinajstić information content (AvgIpc) is 3.22. The third-order valence-electron chi connectivity index (χ3n) is 3.32. The Kier molecular flexibility index (Phi) is 4.12. The van der Waals surface area contributed by atoms with Crippen LogP contribution in [0.3, 0.4) is 0 Å². The van der Waals surface area contributed by atoms with Gasteiger partial charge in [-0.25, -0.2) is 4.79 Å². The van der Waals surface area contributed by atoms with Gasteiger partial charge < -0.3 is 20.3 Å². The molecule has 1 fully saturated rings. The summed E-state index contributed by atoms with van der Waals surface area (Å²) in [6.07, 6.45) is 2.43. The maximum Gasteiger partial charge on any atom is 0.326 e. The van der Waals surface area contributed by atoms with E-state index in [9.17, 15) is 14.7 Å². The number of hydrogen-bond donors (Lipinski definition) is 3. The fourth-order valence-electron chi connectivity index (χ4n) is 1.97. The number of ether oxygens (including phenoxy) is 1. The van der Waals surface area contributed by atoms with Crippen LogP contribution in [0.15, 0.2) is 18.2 Å². The smallest absolute Gasteiger partial charge is 0.326 e. The maximum absolute atomic E-state index is 12.1. The second-order valence-corrected chi connectivity index (χ2v) is 4.93. The number of amides is 1. The van der Waals surface area contributed by atoms with Crippen molar-refractivity contribution in [3.05, 3.63) is 23.8 Å². The third kappa shape index (κ3) is 3.40. The predicted octanol–water partition coefficient (Wildman–Crippen LogP) is 1.38. The van der Waals surface area contributed by atoms with Crippen molar-refractivity contribution in [3.8, 4) is 11.5 Å². The molecule has 0 aliphatic heterocycles. The summed E-state index contributed by atoms with van der Waals surface area (Å²) < 4.78 is 4.98. The number of benzene rings is 1. The molecule has 108 valence electrons. The Bertz CT molecular complexity index is 524. The highest BCUT2D eigenvalue weighted by Gasteiger charge is 2.30. The van der Waals surface area contributed by atoms with Crippen LogP contribution in [0.5, 0.6) is 11.5 Å². The highest BCUT2D eigenvalue weighted by Crippen LogP contribution is 2.33. The first-order valence-electron chi connectivity index (χ1n) is 6.42. The van der Waals surface area contributed by atoms with Crippen LogP contribution in [-0.4, -0.2) is 35.2 Å². The lowest BCUT2D eigenvalue weighted by atomic mass is 10.1. The Balaban J connectivity index is 2.11. The van der Waals surface area contributed by atoms with Gasteiger partial charge in [0.1, 0.15) is 17.5 Å². The number of phenols is 1. The van der Waals surface area contributed by atoms with Crippen molar-refractivity contribution in [2.24, 2.45) is 5.92 Å². The molecule has 3 N–H and O–H groups in total. The quantitative estimate of drug-likeness (QED) is 0.731. The van der Waals surface area contributed by atoms with E-state index in [4.69, 9.17) is 9.84 Å². The van der Waals surface area contributed by atoms with Gasteiger partial charge in [-0.1, -0.05) is 12.8 Å². The van der Waals surface area contributed by atoms with Gasteiger partial charge in [-0.2, -0.15) is 0 Å². The molecule has 1 aromatic rings. The van der Waals surface area contributed by atoms with Gasteiger partial charge in [0.15, 0.2) is 0 Å². The third-order valence-corrected chi connectivity index (χ3v) is 3.32. The van der Waals surface area contributed by atoms with Crippen molar-refractivity contribution < 1.29 is 24.5 Å². The number of nitrogens with one attached hydrogen (secondary N) is 1. The largest absolute Gasteiger partial charge is 0.507 e. The van der Waals surface area contributed by atoms with E-state index in [1.165, 1.54) is 25.3 Å². The number of phenolic OH excluding ortho intramolecular Hbond substituents is 1. The molecule has 1 aromatic carbocycles. The molecule has 1 amide bonds. The molecule has 6 heteroatoms. The summed E-state index contributed by atoms with van der Waals surface area (Å²) in [5.41, 5.74) is 0.00592. The van der Waals surface area contributed by atoms with Crippen LogP contribution < -0.4 is 10.1 Å². The van der Waals surface area contributed by atoms with E-state index in [2.05, 4.69) is 5.32 Å². The van der Waals surface area contributed by atoms with Crippen molar-refractivity contribution >= 4 is 11.9 Å². The number of aliphatic carboxylic acids is 1. The minimum Gasteiger partial charge on any atom is -0.507 e. The maximum atomic E-state index is 12.1. The summed E-state index contributed by atoms with van der Waals surface area (Å²) in [5, 5.41) is 21.2. The Morgan fingerprint density at radius 1 is 1.45 bits per heavy atom. The van der Waals surface area contributed by atoms with Crippen LogP contribution in [0.25, 0.3) is 0 Å². The number of methoxy groups -OCH3 is 1. The van der Waals surface area contributed by atoms with Gasteiger partial charge in [0, 0.05) is 0 Å². The SMILES string of the molecule is COc1ccc(O)c(C(=O)NC(CC2CC2)C(=O)O)c1. The molecule has 0 spiro atoms. The molecule has 1 aliphatic carbocycles. The number of hydrogen-bond acceptors (Lipinski definition) is 4. The summed E-state index contributed by atoms with van der Waals surface area (Å²) in [7, 11) is 1.45. The van der Waals surface area contributed by atoms with E-state index >= 15 is 0 Å². The van der Waals surface area contributed by atoms with E-state index in [-0.39, 0.29) is 11.3 Å². The molecule has 1 saturated carbocycles. The zero-order valence-corrected chi connectivity index (χ0v) is 11.1. The molecule has 1 unspecified atom stereocenters. The molecule has 0 aromatic heterocycles. The second kappa shape index (κ2) is 5.81. The predicted molar refractivity (Wildman–Crippen MR) is 70.9 cm³/mol. The van der Waals surface area contributed by atoms with Crippen molar-refractivity contribution in [2.45, 2.75) is 25.3 Å². The van der Waals surface area contributed by atoms with Crippen LogP contribution in [0.2, 0.25) is 0 Å². The van der Waals surface area contributed by atoms with Gasteiger partial charge in [-0.05, 0) is 30.5 Å². The topological polar surface area (TPSA) is 95.9 Å². The van der Waals surface area contributed by atoms with Crippen molar-refractivity contribution in [1.82, 2.24) is 5.32 Å². The molecule has 0 saturated heterocycles. The van der Waals surface area contributed by atoms with Crippen LogP contribution in [0.4, 0.5) is 0 Å². The lowest BCUT2D eigenvalue weighted by Crippen LogP contribution is -2.41. The van der Waals surface area contributed by atoms with Gasteiger partial charge in [0.2, 0.25) is 0 Å². The van der Waals surface area contributed by atoms with E-state index in [1.807, 2.05) is 0 Å². The number of carbonyl (C=O) groups excluding carboxylic acids is 1. The Morgan fingerprint density at radius 3 is 2.70 bits per heavy atom. The first kappa shape index (κ1) is 14.2. The molecule has 20 heavy (non-hydrogen) atoms. The Labute approximate surface area is 116 Å². The number of carboxylic acids is 1. The molecule has 6 nitrogen and oxygen atoms in total. The molecule has 0 radical (unpaired) electrons. The Morgan fingerprint density at radius 2 is 2.15 bits per heavy atom. The first-order chi connectivity index (χ1) is 9.51. The van der Waals surface area contributed by atoms with E-state index in [0.29, 0.717) is 18.1 Å². The summed E-state index contributed by atoms with van der Waals surface area (Å²) in [4.78, 5) is 23.2. The Hall–Kier alpha value is -2.24. The monoisotopic (exact) mass is 279 g/mol. The number of rotatable bonds is 6. The number of aromatic hydroxyl groups is 1. The van der Waals surface area contributed by atoms with E-state index in [1.54, 1.807) is 0 Å². The van der Waals surface area contributed by atoms with Gasteiger partial charge >= 0.3 is 5.97 Å². The van der Waals surface area contributed by atoms with Crippen LogP contribution >= 0.6 is 0 Å². The van der Waals surface area contributed by atoms with Crippen LogP contribution in [-0.2, 0) is 4.79 Å². The van der Waals surface area contributed by atoms with Crippen LogP contribution in [0, 0.1) is 5.92 Å². The standard InChI is InChI=1S/C14H17NO5/c1-20-9-4-5-12(16)10(7-9)13(17)15-11(14(18)19)6-8-2-3-8/h4-5,7-8,11,16H,2-3,6H2,1H3,(H,15,17)(H,18,19). The minimum atomic E-state index is -1.06. The molecular formula is C14H17NO5. The molecular weight excluding hydrogens is 262 g/mol. The molecule has 1 aliphatic rings. The van der Waals surface area contributed by atoms with Crippen molar-refractivity contribution in [3.63, 3.8) is 0 Å². The fourth-order valence-corrected chi connectivity index (χ4v) is 1.97. The lowest BCUT2D eigenvalue weighted by molar-refractivity contribution is -0.139. The summed E-state index contributed by atoms with van der Waals surface area (Å²) in [5.74, 6) is -1.10. The van der Waals surface area contributed by atoms with Gasteiger partial charge in [-0.15, -0.1) is 0 Å². The minimum absolute atomic E-state index is 0.00592. The summed E-state index contributed by atoms with van der Waals surface area (Å²) in [6.45, 7) is 0. The first-order valence-corrected chi connectivity index (χ1v) is 6.42. The highest BCUT2D eigenvalue weighted by atomic mass is 16.5.